The maximum absolute atomic E-state index is 3.49. The summed E-state index contributed by atoms with van der Waals surface area (Å²) in [6.45, 7) is 0. The van der Waals surface area contributed by atoms with E-state index in [1.165, 1.54) is 30.6 Å². The van der Waals surface area contributed by atoms with E-state index in [-0.39, 0.29) is 0 Å². The molecule has 0 fully saturated rings. The van der Waals surface area contributed by atoms with E-state index in [1.807, 2.05) is 11.8 Å². The summed E-state index contributed by atoms with van der Waals surface area (Å²) in [6.07, 6.45) is 6.15. The molecule has 0 amide bonds. The standard InChI is InChI=1S/C14H21NS/c1-15-14-12(7-5-9-16-2)10-11-6-3-4-8-13(11)14/h3-4,6,8,12,14-15H,5,7,9-10H2,1-2H3. The molecule has 2 rings (SSSR count). The molecule has 1 aromatic rings. The maximum atomic E-state index is 3.49. The fraction of sp³-hybridized carbons (Fsp3) is 0.571. The zero-order chi connectivity index (χ0) is 11.4. The number of fused-ring (bicyclic) bond motifs is 1. The van der Waals surface area contributed by atoms with Crippen molar-refractivity contribution < 1.29 is 0 Å². The first-order chi connectivity index (χ1) is 7.86. The lowest BCUT2D eigenvalue weighted by atomic mass is 9.96. The fourth-order valence-corrected chi connectivity index (χ4v) is 3.28. The highest BCUT2D eigenvalue weighted by Crippen LogP contribution is 2.38. The summed E-state index contributed by atoms with van der Waals surface area (Å²) in [5.74, 6) is 2.10. The zero-order valence-electron chi connectivity index (χ0n) is 10.2. The highest BCUT2D eigenvalue weighted by Gasteiger charge is 2.30. The van der Waals surface area contributed by atoms with Crippen LogP contribution in [0.15, 0.2) is 24.3 Å². The first-order valence-corrected chi connectivity index (χ1v) is 7.50. The van der Waals surface area contributed by atoms with E-state index in [0.29, 0.717) is 6.04 Å². The summed E-state index contributed by atoms with van der Waals surface area (Å²) in [5, 5.41) is 3.49. The van der Waals surface area contributed by atoms with E-state index in [1.54, 1.807) is 5.56 Å². The molecule has 0 spiro atoms. The summed E-state index contributed by atoms with van der Waals surface area (Å²) in [4.78, 5) is 0. The minimum atomic E-state index is 0.582. The van der Waals surface area contributed by atoms with Gasteiger partial charge in [-0.05, 0) is 55.4 Å². The van der Waals surface area contributed by atoms with Gasteiger partial charge in [0, 0.05) is 6.04 Å². The van der Waals surface area contributed by atoms with Gasteiger partial charge in [0.15, 0.2) is 0 Å². The van der Waals surface area contributed by atoms with Crippen molar-refractivity contribution in [3.05, 3.63) is 35.4 Å². The van der Waals surface area contributed by atoms with Gasteiger partial charge in [-0.2, -0.15) is 11.8 Å². The Morgan fingerprint density at radius 3 is 2.94 bits per heavy atom. The number of nitrogens with one attached hydrogen (secondary N) is 1. The van der Waals surface area contributed by atoms with Gasteiger partial charge < -0.3 is 5.32 Å². The van der Waals surface area contributed by atoms with E-state index < -0.39 is 0 Å². The largest absolute Gasteiger partial charge is 0.313 e. The maximum Gasteiger partial charge on any atom is 0.0352 e. The van der Waals surface area contributed by atoms with Gasteiger partial charge in [-0.25, -0.2) is 0 Å². The van der Waals surface area contributed by atoms with E-state index in [0.717, 1.165) is 5.92 Å². The van der Waals surface area contributed by atoms with Crippen LogP contribution in [0.2, 0.25) is 0 Å². The minimum Gasteiger partial charge on any atom is -0.313 e. The molecular weight excluding hydrogens is 214 g/mol. The van der Waals surface area contributed by atoms with E-state index in [4.69, 9.17) is 0 Å². The van der Waals surface area contributed by atoms with Crippen molar-refractivity contribution in [1.82, 2.24) is 5.32 Å². The van der Waals surface area contributed by atoms with Crippen molar-refractivity contribution in [3.63, 3.8) is 0 Å². The monoisotopic (exact) mass is 235 g/mol. The molecule has 0 aliphatic heterocycles. The van der Waals surface area contributed by atoms with E-state index in [9.17, 15) is 0 Å². The quantitative estimate of drug-likeness (QED) is 0.786. The molecule has 0 saturated carbocycles. The molecule has 2 unspecified atom stereocenters. The van der Waals surface area contributed by atoms with Gasteiger partial charge in [0.1, 0.15) is 0 Å². The Morgan fingerprint density at radius 2 is 2.19 bits per heavy atom. The predicted molar refractivity (Wildman–Crippen MR) is 73.1 cm³/mol. The van der Waals surface area contributed by atoms with Gasteiger partial charge in [-0.1, -0.05) is 24.3 Å². The van der Waals surface area contributed by atoms with Crippen molar-refractivity contribution in [3.8, 4) is 0 Å². The number of rotatable bonds is 5. The predicted octanol–water partition coefficient (Wildman–Crippen LogP) is 3.26. The fourth-order valence-electron chi connectivity index (χ4n) is 2.83. The Morgan fingerprint density at radius 1 is 1.38 bits per heavy atom. The first kappa shape index (κ1) is 12.0. The molecule has 88 valence electrons. The second kappa shape index (κ2) is 5.74. The normalized spacial score (nSPS) is 23.4. The molecule has 16 heavy (non-hydrogen) atoms. The summed E-state index contributed by atoms with van der Waals surface area (Å²) in [6, 6.07) is 9.47. The van der Waals surface area contributed by atoms with Gasteiger partial charge in [0.25, 0.3) is 0 Å². The van der Waals surface area contributed by atoms with Crippen molar-refractivity contribution in [2.45, 2.75) is 25.3 Å². The average molecular weight is 235 g/mol. The number of thioether (sulfide) groups is 1. The van der Waals surface area contributed by atoms with Crippen LogP contribution in [0.4, 0.5) is 0 Å². The SMILES string of the molecule is CNC1c2ccccc2CC1CCCSC. The van der Waals surface area contributed by atoms with Crippen molar-refractivity contribution in [2.75, 3.05) is 19.1 Å². The van der Waals surface area contributed by atoms with Crippen LogP contribution in [0.3, 0.4) is 0 Å². The lowest BCUT2D eigenvalue weighted by Crippen LogP contribution is -2.21. The molecule has 2 heteroatoms. The molecule has 1 aliphatic carbocycles. The Kier molecular flexibility index (Phi) is 4.30. The lowest BCUT2D eigenvalue weighted by Gasteiger charge is -2.19. The van der Waals surface area contributed by atoms with Crippen LogP contribution in [-0.4, -0.2) is 19.1 Å². The van der Waals surface area contributed by atoms with Crippen LogP contribution in [-0.2, 0) is 6.42 Å². The molecule has 0 aromatic heterocycles. The number of hydrogen-bond donors (Lipinski definition) is 1. The molecule has 1 N–H and O–H groups in total. The average Bonchev–Trinajstić information content (AvgIpc) is 2.67. The van der Waals surface area contributed by atoms with Gasteiger partial charge in [0.2, 0.25) is 0 Å². The summed E-state index contributed by atoms with van der Waals surface area (Å²) >= 11 is 1.96. The van der Waals surface area contributed by atoms with E-state index >= 15 is 0 Å². The zero-order valence-corrected chi connectivity index (χ0v) is 11.0. The molecule has 1 aliphatic rings. The van der Waals surface area contributed by atoms with Gasteiger partial charge in [-0.3, -0.25) is 0 Å². The molecule has 2 atom stereocenters. The third-order valence-electron chi connectivity index (χ3n) is 3.58. The van der Waals surface area contributed by atoms with E-state index in [2.05, 4.69) is 42.9 Å². The lowest BCUT2D eigenvalue weighted by molar-refractivity contribution is 0.385. The highest BCUT2D eigenvalue weighted by molar-refractivity contribution is 7.98. The molecule has 0 saturated heterocycles. The molecule has 0 radical (unpaired) electrons. The Hall–Kier alpha value is -0.470. The summed E-state index contributed by atoms with van der Waals surface area (Å²) < 4.78 is 0. The van der Waals surface area contributed by atoms with Gasteiger partial charge in [-0.15, -0.1) is 0 Å². The third-order valence-corrected chi connectivity index (χ3v) is 4.27. The van der Waals surface area contributed by atoms with Crippen LogP contribution >= 0.6 is 11.8 Å². The summed E-state index contributed by atoms with van der Waals surface area (Å²) in [7, 11) is 2.09. The van der Waals surface area contributed by atoms with Crippen LogP contribution < -0.4 is 5.32 Å². The highest BCUT2D eigenvalue weighted by atomic mass is 32.2. The summed E-state index contributed by atoms with van der Waals surface area (Å²) in [5.41, 5.74) is 3.08. The number of benzene rings is 1. The minimum absolute atomic E-state index is 0.582. The Balaban J connectivity index is 2.03. The van der Waals surface area contributed by atoms with Crippen LogP contribution in [0.5, 0.6) is 0 Å². The van der Waals surface area contributed by atoms with Crippen LogP contribution in [0.1, 0.15) is 30.0 Å². The van der Waals surface area contributed by atoms with Crippen LogP contribution in [0, 0.1) is 5.92 Å². The smallest absolute Gasteiger partial charge is 0.0352 e. The Bertz CT molecular complexity index is 337. The Labute approximate surface area is 103 Å². The molecule has 1 nitrogen and oxygen atoms in total. The molecule has 0 bridgehead atoms. The van der Waals surface area contributed by atoms with Crippen molar-refractivity contribution >= 4 is 11.8 Å². The molecule has 0 heterocycles. The molecule has 1 aromatic carbocycles. The van der Waals surface area contributed by atoms with Crippen LogP contribution in [0.25, 0.3) is 0 Å². The van der Waals surface area contributed by atoms with Gasteiger partial charge in [0.05, 0.1) is 0 Å². The second-order valence-corrected chi connectivity index (χ2v) is 5.55. The molecular formula is C14H21NS. The van der Waals surface area contributed by atoms with Gasteiger partial charge >= 0.3 is 0 Å². The van der Waals surface area contributed by atoms with Crippen molar-refractivity contribution in [1.29, 1.82) is 0 Å². The number of hydrogen-bond acceptors (Lipinski definition) is 2. The first-order valence-electron chi connectivity index (χ1n) is 6.11. The second-order valence-electron chi connectivity index (χ2n) is 4.56. The van der Waals surface area contributed by atoms with Crippen molar-refractivity contribution in [2.24, 2.45) is 5.92 Å². The topological polar surface area (TPSA) is 12.0 Å². The third kappa shape index (κ3) is 2.44.